The highest BCUT2D eigenvalue weighted by atomic mass is 16.5. The Bertz CT molecular complexity index is 133. The van der Waals surface area contributed by atoms with Crippen LogP contribution in [0.3, 0.4) is 0 Å². The van der Waals surface area contributed by atoms with Gasteiger partial charge in [0.15, 0.2) is 0 Å². The van der Waals surface area contributed by atoms with E-state index in [-0.39, 0.29) is 0 Å². The molecule has 0 aromatic heterocycles. The number of hydrogen-bond acceptors (Lipinski definition) is 2. The zero-order valence-corrected chi connectivity index (χ0v) is 7.01. The molecule has 0 radical (unpaired) electrons. The summed E-state index contributed by atoms with van der Waals surface area (Å²) in [6.45, 7) is 2.66. The van der Waals surface area contributed by atoms with Crippen molar-refractivity contribution >= 4 is 0 Å². The van der Waals surface area contributed by atoms with Gasteiger partial charge in [0.1, 0.15) is 0 Å². The minimum atomic E-state index is 0.394. The van der Waals surface area contributed by atoms with Crippen LogP contribution in [0.15, 0.2) is 0 Å². The number of hydrogen-bond donors (Lipinski definition) is 1. The second kappa shape index (κ2) is 2.76. The highest BCUT2D eigenvalue weighted by Gasteiger charge is 2.40. The molecular weight excluding hydrogens is 138 g/mol. The van der Waals surface area contributed by atoms with Gasteiger partial charge < -0.3 is 10.5 Å². The fourth-order valence-electron chi connectivity index (χ4n) is 2.02. The summed E-state index contributed by atoms with van der Waals surface area (Å²) in [6, 6.07) is 0. The van der Waals surface area contributed by atoms with Crippen molar-refractivity contribution in [2.75, 3.05) is 19.8 Å². The van der Waals surface area contributed by atoms with Crippen molar-refractivity contribution in [3.8, 4) is 0 Å². The summed E-state index contributed by atoms with van der Waals surface area (Å²) in [5.74, 6) is 0.974. The molecule has 0 atom stereocenters. The first kappa shape index (κ1) is 7.56. The summed E-state index contributed by atoms with van der Waals surface area (Å²) in [5, 5.41) is 0. The molecule has 1 saturated heterocycles. The van der Waals surface area contributed by atoms with E-state index in [0.717, 1.165) is 25.7 Å². The summed E-state index contributed by atoms with van der Waals surface area (Å²) in [6.07, 6.45) is 5.62. The lowest BCUT2D eigenvalue weighted by atomic mass is 9.71. The molecule has 0 aromatic rings. The van der Waals surface area contributed by atoms with Gasteiger partial charge in [0.05, 0.1) is 13.2 Å². The molecule has 0 aromatic carbocycles. The Morgan fingerprint density at radius 3 is 2.36 bits per heavy atom. The van der Waals surface area contributed by atoms with Gasteiger partial charge >= 0.3 is 0 Å². The predicted octanol–water partition coefficient (Wildman–Crippen LogP) is 1.15. The average Bonchev–Trinajstić information content (AvgIpc) is 1.83. The predicted molar refractivity (Wildman–Crippen MR) is 44.3 cm³/mol. The molecule has 64 valence electrons. The summed E-state index contributed by atoms with van der Waals surface area (Å²) in [7, 11) is 0. The van der Waals surface area contributed by atoms with E-state index < -0.39 is 0 Å². The molecule has 1 aliphatic carbocycles. The zero-order chi connectivity index (χ0) is 7.73. The third kappa shape index (κ3) is 1.30. The molecule has 2 N–H and O–H groups in total. The molecule has 0 unspecified atom stereocenters. The van der Waals surface area contributed by atoms with Gasteiger partial charge in [-0.05, 0) is 12.3 Å². The Morgan fingerprint density at radius 1 is 1.36 bits per heavy atom. The normalized spacial score (nSPS) is 29.2. The Hall–Kier alpha value is -0.0800. The summed E-state index contributed by atoms with van der Waals surface area (Å²) < 4.78 is 5.22. The van der Waals surface area contributed by atoms with E-state index in [1.54, 1.807) is 0 Å². The molecule has 0 amide bonds. The molecule has 2 fully saturated rings. The van der Waals surface area contributed by atoms with E-state index in [9.17, 15) is 0 Å². The molecular formula is C9H17NO. The minimum Gasteiger partial charge on any atom is -0.380 e. The SMILES string of the molecule is NCC1(CC2CCC2)COC1. The fraction of sp³-hybridized carbons (Fsp3) is 1.00. The lowest BCUT2D eigenvalue weighted by molar-refractivity contribution is -0.122. The van der Waals surface area contributed by atoms with E-state index in [1.165, 1.54) is 25.7 Å². The minimum absolute atomic E-state index is 0.394. The van der Waals surface area contributed by atoms with Gasteiger partial charge in [-0.25, -0.2) is 0 Å². The molecule has 11 heavy (non-hydrogen) atoms. The second-order valence-electron chi connectivity index (χ2n) is 4.20. The van der Waals surface area contributed by atoms with Crippen molar-refractivity contribution in [3.05, 3.63) is 0 Å². The van der Waals surface area contributed by atoms with Crippen LogP contribution in [-0.4, -0.2) is 19.8 Å². The first-order chi connectivity index (χ1) is 5.35. The van der Waals surface area contributed by atoms with Gasteiger partial charge in [-0.15, -0.1) is 0 Å². The van der Waals surface area contributed by atoms with Crippen LogP contribution in [0.1, 0.15) is 25.7 Å². The van der Waals surface area contributed by atoms with Crippen molar-refractivity contribution < 1.29 is 4.74 Å². The number of nitrogens with two attached hydrogens (primary N) is 1. The summed E-state index contributed by atoms with van der Waals surface area (Å²) in [5.41, 5.74) is 6.11. The fourth-order valence-corrected chi connectivity index (χ4v) is 2.02. The van der Waals surface area contributed by atoms with E-state index >= 15 is 0 Å². The largest absolute Gasteiger partial charge is 0.380 e. The molecule has 0 spiro atoms. The van der Waals surface area contributed by atoms with Crippen molar-refractivity contribution in [1.29, 1.82) is 0 Å². The monoisotopic (exact) mass is 155 g/mol. The lowest BCUT2D eigenvalue weighted by Crippen LogP contribution is -2.49. The van der Waals surface area contributed by atoms with Crippen LogP contribution < -0.4 is 5.73 Å². The standard InChI is InChI=1S/C9H17NO/c10-5-9(6-11-7-9)4-8-2-1-3-8/h8H,1-7,10H2. The summed E-state index contributed by atoms with van der Waals surface area (Å²) >= 11 is 0. The lowest BCUT2D eigenvalue weighted by Gasteiger charge is -2.44. The number of rotatable bonds is 3. The second-order valence-corrected chi connectivity index (χ2v) is 4.20. The van der Waals surface area contributed by atoms with Gasteiger partial charge in [0, 0.05) is 12.0 Å². The molecule has 0 bridgehead atoms. The van der Waals surface area contributed by atoms with Gasteiger partial charge in [-0.1, -0.05) is 19.3 Å². The highest BCUT2D eigenvalue weighted by molar-refractivity contribution is 4.90. The van der Waals surface area contributed by atoms with E-state index in [2.05, 4.69) is 0 Å². The van der Waals surface area contributed by atoms with Crippen LogP contribution >= 0.6 is 0 Å². The summed E-state index contributed by atoms with van der Waals surface area (Å²) in [4.78, 5) is 0. The van der Waals surface area contributed by atoms with Crippen LogP contribution in [0.4, 0.5) is 0 Å². The smallest absolute Gasteiger partial charge is 0.0557 e. The van der Waals surface area contributed by atoms with Gasteiger partial charge in [0.25, 0.3) is 0 Å². The maximum absolute atomic E-state index is 5.72. The van der Waals surface area contributed by atoms with Gasteiger partial charge in [-0.3, -0.25) is 0 Å². The third-order valence-electron chi connectivity index (χ3n) is 3.20. The third-order valence-corrected chi connectivity index (χ3v) is 3.20. The molecule has 1 aliphatic heterocycles. The van der Waals surface area contributed by atoms with Gasteiger partial charge in [0.2, 0.25) is 0 Å². The Balaban J connectivity index is 1.81. The van der Waals surface area contributed by atoms with Crippen LogP contribution in [0, 0.1) is 11.3 Å². The van der Waals surface area contributed by atoms with Crippen molar-refractivity contribution in [1.82, 2.24) is 0 Å². The Morgan fingerprint density at radius 2 is 2.09 bits per heavy atom. The average molecular weight is 155 g/mol. The van der Waals surface area contributed by atoms with Gasteiger partial charge in [-0.2, -0.15) is 0 Å². The van der Waals surface area contributed by atoms with Crippen LogP contribution in [-0.2, 0) is 4.74 Å². The van der Waals surface area contributed by atoms with Crippen LogP contribution in [0.5, 0.6) is 0 Å². The quantitative estimate of drug-likeness (QED) is 0.663. The van der Waals surface area contributed by atoms with E-state index in [1.807, 2.05) is 0 Å². The van der Waals surface area contributed by atoms with Crippen molar-refractivity contribution in [2.24, 2.45) is 17.1 Å². The maximum Gasteiger partial charge on any atom is 0.0557 e. The Kier molecular flexibility index (Phi) is 1.90. The molecule has 2 heteroatoms. The van der Waals surface area contributed by atoms with Crippen molar-refractivity contribution in [3.63, 3.8) is 0 Å². The molecule has 2 nitrogen and oxygen atoms in total. The van der Waals surface area contributed by atoms with Crippen LogP contribution in [0.25, 0.3) is 0 Å². The molecule has 1 saturated carbocycles. The molecule has 2 rings (SSSR count). The topological polar surface area (TPSA) is 35.2 Å². The first-order valence-corrected chi connectivity index (χ1v) is 4.62. The zero-order valence-electron chi connectivity index (χ0n) is 7.01. The highest BCUT2D eigenvalue weighted by Crippen LogP contribution is 2.40. The van der Waals surface area contributed by atoms with E-state index in [0.29, 0.717) is 5.41 Å². The Labute approximate surface area is 68.1 Å². The first-order valence-electron chi connectivity index (χ1n) is 4.62. The maximum atomic E-state index is 5.72. The number of ether oxygens (including phenoxy) is 1. The van der Waals surface area contributed by atoms with Crippen LogP contribution in [0.2, 0.25) is 0 Å². The van der Waals surface area contributed by atoms with Crippen molar-refractivity contribution in [2.45, 2.75) is 25.7 Å². The molecule has 1 heterocycles. The van der Waals surface area contributed by atoms with E-state index in [4.69, 9.17) is 10.5 Å². The molecule has 2 aliphatic rings.